The van der Waals surface area contributed by atoms with Gasteiger partial charge in [0.1, 0.15) is 0 Å². The van der Waals surface area contributed by atoms with Gasteiger partial charge in [-0.05, 0) is 30.2 Å². The SMILES string of the molecule is Cc1ccc(C(=O)N2C(=O)N(Cl)C(=O)C2(c2ccccc2)c2ccccc2)cc1. The lowest BCUT2D eigenvalue weighted by Gasteiger charge is -2.34. The molecule has 3 aromatic carbocycles. The predicted molar refractivity (Wildman–Crippen MR) is 109 cm³/mol. The molecule has 0 aliphatic carbocycles. The number of nitrogens with zero attached hydrogens (tertiary/aromatic N) is 2. The first-order valence-corrected chi connectivity index (χ1v) is 9.38. The smallest absolute Gasteiger partial charge is 0.269 e. The van der Waals surface area contributed by atoms with Gasteiger partial charge in [-0.2, -0.15) is 4.42 Å². The van der Waals surface area contributed by atoms with Crippen LogP contribution in [0, 0.1) is 6.92 Å². The topological polar surface area (TPSA) is 57.7 Å². The van der Waals surface area contributed by atoms with Gasteiger partial charge in [-0.25, -0.2) is 9.69 Å². The molecule has 0 N–H and O–H groups in total. The van der Waals surface area contributed by atoms with Crippen LogP contribution in [0.1, 0.15) is 27.0 Å². The third-order valence-corrected chi connectivity index (χ3v) is 5.37. The van der Waals surface area contributed by atoms with Crippen LogP contribution in [-0.4, -0.2) is 27.2 Å². The molecule has 1 fully saturated rings. The maximum Gasteiger partial charge on any atom is 0.350 e. The van der Waals surface area contributed by atoms with Crippen LogP contribution in [-0.2, 0) is 10.3 Å². The Kier molecular flexibility index (Phi) is 4.68. The summed E-state index contributed by atoms with van der Waals surface area (Å²) < 4.78 is 0.492. The molecule has 6 heteroatoms. The van der Waals surface area contributed by atoms with Crippen molar-refractivity contribution in [3.63, 3.8) is 0 Å². The van der Waals surface area contributed by atoms with E-state index in [0.29, 0.717) is 21.1 Å². The van der Waals surface area contributed by atoms with E-state index in [-0.39, 0.29) is 0 Å². The summed E-state index contributed by atoms with van der Waals surface area (Å²) in [6.07, 6.45) is 0. The maximum absolute atomic E-state index is 13.5. The fourth-order valence-corrected chi connectivity index (χ4v) is 3.85. The lowest BCUT2D eigenvalue weighted by Crippen LogP contribution is -2.50. The number of aryl methyl sites for hydroxylation is 1. The van der Waals surface area contributed by atoms with Crippen molar-refractivity contribution in [1.82, 2.24) is 9.32 Å². The fourth-order valence-electron chi connectivity index (χ4n) is 3.65. The van der Waals surface area contributed by atoms with Crippen molar-refractivity contribution in [2.45, 2.75) is 12.5 Å². The number of carbonyl (C=O) groups excluding carboxylic acids is 3. The second kappa shape index (κ2) is 7.18. The largest absolute Gasteiger partial charge is 0.350 e. The van der Waals surface area contributed by atoms with Gasteiger partial charge in [-0.1, -0.05) is 78.4 Å². The first-order chi connectivity index (χ1) is 14.0. The highest BCUT2D eigenvalue weighted by molar-refractivity contribution is 6.36. The van der Waals surface area contributed by atoms with E-state index in [4.69, 9.17) is 11.8 Å². The molecular formula is C23H17ClN2O3. The summed E-state index contributed by atoms with van der Waals surface area (Å²) in [7, 11) is 0. The molecule has 0 radical (unpaired) electrons. The molecule has 0 saturated carbocycles. The van der Waals surface area contributed by atoms with Gasteiger partial charge in [0.15, 0.2) is 5.54 Å². The van der Waals surface area contributed by atoms with E-state index in [1.54, 1.807) is 84.9 Å². The third kappa shape index (κ3) is 2.82. The monoisotopic (exact) mass is 404 g/mol. The average molecular weight is 405 g/mol. The van der Waals surface area contributed by atoms with Crippen LogP contribution in [0.15, 0.2) is 84.9 Å². The van der Waals surface area contributed by atoms with Crippen molar-refractivity contribution in [3.8, 4) is 0 Å². The lowest BCUT2D eigenvalue weighted by atomic mass is 9.81. The molecule has 1 aliphatic heterocycles. The van der Waals surface area contributed by atoms with Crippen molar-refractivity contribution in [3.05, 3.63) is 107 Å². The van der Waals surface area contributed by atoms with Gasteiger partial charge in [-0.3, -0.25) is 9.59 Å². The zero-order valence-electron chi connectivity index (χ0n) is 15.6. The number of amides is 4. The number of carbonyl (C=O) groups is 3. The molecule has 1 aliphatic rings. The summed E-state index contributed by atoms with van der Waals surface area (Å²) >= 11 is 6.09. The number of urea groups is 1. The van der Waals surface area contributed by atoms with E-state index < -0.39 is 23.4 Å². The van der Waals surface area contributed by atoms with Gasteiger partial charge in [0.2, 0.25) is 0 Å². The van der Waals surface area contributed by atoms with Crippen molar-refractivity contribution in [2.24, 2.45) is 0 Å². The minimum Gasteiger partial charge on any atom is -0.269 e. The van der Waals surface area contributed by atoms with Crippen molar-refractivity contribution < 1.29 is 14.4 Å². The van der Waals surface area contributed by atoms with Crippen LogP contribution >= 0.6 is 11.8 Å². The summed E-state index contributed by atoms with van der Waals surface area (Å²) in [6, 6.07) is 23.4. The molecule has 1 saturated heterocycles. The first kappa shape index (κ1) is 18.9. The first-order valence-electron chi connectivity index (χ1n) is 9.04. The van der Waals surface area contributed by atoms with Crippen molar-refractivity contribution in [2.75, 3.05) is 0 Å². The molecule has 0 aromatic heterocycles. The van der Waals surface area contributed by atoms with Crippen LogP contribution in [0.4, 0.5) is 4.79 Å². The van der Waals surface area contributed by atoms with E-state index in [9.17, 15) is 14.4 Å². The second-order valence-corrected chi connectivity index (χ2v) is 7.16. The molecule has 0 spiro atoms. The molecule has 0 atom stereocenters. The van der Waals surface area contributed by atoms with Crippen LogP contribution < -0.4 is 0 Å². The molecule has 144 valence electrons. The minimum absolute atomic E-state index is 0.292. The quantitative estimate of drug-likeness (QED) is 0.477. The summed E-state index contributed by atoms with van der Waals surface area (Å²) in [5.41, 5.74) is 0.534. The molecular weight excluding hydrogens is 388 g/mol. The third-order valence-electron chi connectivity index (χ3n) is 5.07. The zero-order chi connectivity index (χ0) is 20.6. The summed E-state index contributed by atoms with van der Waals surface area (Å²) in [6.45, 7) is 1.90. The molecule has 4 rings (SSSR count). The Balaban J connectivity index is 2.00. The molecule has 4 amide bonds. The number of hydrogen-bond donors (Lipinski definition) is 0. The summed E-state index contributed by atoms with van der Waals surface area (Å²) in [4.78, 5) is 40.9. The van der Waals surface area contributed by atoms with E-state index in [2.05, 4.69) is 0 Å². The number of benzene rings is 3. The Morgan fingerprint density at radius 1 is 0.793 bits per heavy atom. The van der Waals surface area contributed by atoms with E-state index >= 15 is 0 Å². The highest BCUT2D eigenvalue weighted by atomic mass is 35.5. The van der Waals surface area contributed by atoms with E-state index in [1.165, 1.54) is 0 Å². The van der Waals surface area contributed by atoms with Crippen LogP contribution in [0.5, 0.6) is 0 Å². The number of imide groups is 2. The summed E-state index contributed by atoms with van der Waals surface area (Å²) in [5.74, 6) is -1.29. The van der Waals surface area contributed by atoms with Gasteiger partial charge in [0.05, 0.1) is 0 Å². The highest BCUT2D eigenvalue weighted by Crippen LogP contribution is 2.44. The normalized spacial score (nSPS) is 15.7. The van der Waals surface area contributed by atoms with Crippen LogP contribution in [0.3, 0.4) is 0 Å². The molecule has 0 bridgehead atoms. The van der Waals surface area contributed by atoms with Crippen molar-refractivity contribution >= 4 is 29.6 Å². The van der Waals surface area contributed by atoms with Gasteiger partial charge >= 0.3 is 6.03 Å². The van der Waals surface area contributed by atoms with Gasteiger partial charge in [-0.15, -0.1) is 0 Å². The van der Waals surface area contributed by atoms with Gasteiger partial charge in [0.25, 0.3) is 11.8 Å². The van der Waals surface area contributed by atoms with Crippen LogP contribution in [0.25, 0.3) is 0 Å². The standard InChI is InChI=1S/C23H17ClN2O3/c1-16-12-14-17(15-13-16)20(27)25-22(29)26(24)21(28)23(25,18-8-4-2-5-9-18)19-10-6-3-7-11-19/h2-15H,1H3. The Hall–Kier alpha value is -3.44. The van der Waals surface area contributed by atoms with Gasteiger partial charge in [0, 0.05) is 17.3 Å². The highest BCUT2D eigenvalue weighted by Gasteiger charge is 2.62. The fraction of sp³-hybridized carbons (Fsp3) is 0.0870. The average Bonchev–Trinajstić information content (AvgIpc) is 2.96. The predicted octanol–water partition coefficient (Wildman–Crippen LogP) is 4.50. The zero-order valence-corrected chi connectivity index (χ0v) is 16.3. The van der Waals surface area contributed by atoms with Gasteiger partial charge < -0.3 is 0 Å². The van der Waals surface area contributed by atoms with E-state index in [1.807, 2.05) is 6.92 Å². The Labute approximate surface area is 173 Å². The van der Waals surface area contributed by atoms with E-state index in [0.717, 1.165) is 10.5 Å². The molecule has 5 nitrogen and oxygen atoms in total. The second-order valence-electron chi connectivity index (χ2n) is 6.82. The number of rotatable bonds is 3. The lowest BCUT2D eigenvalue weighted by molar-refractivity contribution is -0.128. The molecule has 3 aromatic rings. The maximum atomic E-state index is 13.5. The number of halogens is 1. The van der Waals surface area contributed by atoms with Crippen LogP contribution in [0.2, 0.25) is 0 Å². The number of hydrogen-bond acceptors (Lipinski definition) is 3. The Morgan fingerprint density at radius 3 is 1.76 bits per heavy atom. The minimum atomic E-state index is -1.69. The summed E-state index contributed by atoms with van der Waals surface area (Å²) in [5, 5.41) is 0. The Morgan fingerprint density at radius 2 is 1.28 bits per heavy atom. The molecule has 1 heterocycles. The molecule has 29 heavy (non-hydrogen) atoms. The Bertz CT molecular complexity index is 1040. The van der Waals surface area contributed by atoms with Crippen molar-refractivity contribution in [1.29, 1.82) is 0 Å². The molecule has 0 unspecified atom stereocenters.